The second-order valence-electron chi connectivity index (χ2n) is 7.70. The fraction of sp³-hybridized carbons (Fsp3) is 0.435. The predicted octanol–water partition coefficient (Wildman–Crippen LogP) is 4.28. The number of likely N-dealkylation sites (N-methyl/N-ethyl adjacent to an activating group) is 1. The van der Waals surface area contributed by atoms with E-state index in [0.29, 0.717) is 12.5 Å². The second-order valence-corrected chi connectivity index (χ2v) is 7.70. The van der Waals surface area contributed by atoms with E-state index in [1.54, 1.807) is 0 Å². The zero-order valence-corrected chi connectivity index (χ0v) is 16.8. The number of aromatic nitrogens is 2. The van der Waals surface area contributed by atoms with Gasteiger partial charge >= 0.3 is 0 Å². The van der Waals surface area contributed by atoms with Crippen molar-refractivity contribution in [3.05, 3.63) is 59.4 Å². The zero-order valence-electron chi connectivity index (χ0n) is 16.8. The first kappa shape index (κ1) is 19.0. The quantitative estimate of drug-likeness (QED) is 0.666. The summed E-state index contributed by atoms with van der Waals surface area (Å²) in [6, 6.07) is 12.4. The van der Waals surface area contributed by atoms with Crippen molar-refractivity contribution in [2.24, 2.45) is 0 Å². The Morgan fingerprint density at radius 1 is 1.18 bits per heavy atom. The number of hydrogen-bond donors (Lipinski definition) is 1. The molecule has 0 atom stereocenters. The third-order valence-electron chi connectivity index (χ3n) is 5.53. The highest BCUT2D eigenvalue weighted by molar-refractivity contribution is 5.81. The van der Waals surface area contributed by atoms with Gasteiger partial charge in [-0.05, 0) is 56.6 Å². The Kier molecular flexibility index (Phi) is 5.93. The Hall–Kier alpha value is -2.37. The third kappa shape index (κ3) is 4.37. The van der Waals surface area contributed by atoms with Crippen molar-refractivity contribution < 1.29 is 9.47 Å². The van der Waals surface area contributed by atoms with Crippen molar-refractivity contribution in [3.63, 3.8) is 0 Å². The van der Waals surface area contributed by atoms with E-state index >= 15 is 0 Å². The van der Waals surface area contributed by atoms with E-state index in [0.717, 1.165) is 50.5 Å². The molecule has 5 nitrogen and oxygen atoms in total. The van der Waals surface area contributed by atoms with E-state index in [-0.39, 0.29) is 0 Å². The van der Waals surface area contributed by atoms with Crippen LogP contribution in [-0.2, 0) is 11.3 Å². The van der Waals surface area contributed by atoms with Gasteiger partial charge in [0.05, 0.1) is 0 Å². The Morgan fingerprint density at radius 3 is 2.75 bits per heavy atom. The summed E-state index contributed by atoms with van der Waals surface area (Å²) in [6.07, 6.45) is 4.00. The van der Waals surface area contributed by atoms with Gasteiger partial charge in [-0.1, -0.05) is 17.7 Å². The van der Waals surface area contributed by atoms with Crippen LogP contribution in [0.1, 0.15) is 35.6 Å². The SMILES string of the molecule is Cc1ccc(OCCN(C)Cc2c(C3CCOCC3)[nH]c3ncccc23)cc1. The smallest absolute Gasteiger partial charge is 0.137 e. The van der Waals surface area contributed by atoms with Crippen LogP contribution in [0.5, 0.6) is 5.75 Å². The second kappa shape index (κ2) is 8.76. The number of nitrogens with zero attached hydrogens (tertiary/aromatic N) is 2. The molecular weight excluding hydrogens is 350 g/mol. The van der Waals surface area contributed by atoms with Gasteiger partial charge in [-0.2, -0.15) is 0 Å². The number of fused-ring (bicyclic) bond motifs is 1. The fourth-order valence-electron chi connectivity index (χ4n) is 3.90. The van der Waals surface area contributed by atoms with Crippen molar-refractivity contribution in [3.8, 4) is 5.75 Å². The number of pyridine rings is 1. The molecule has 4 rings (SSSR count). The summed E-state index contributed by atoms with van der Waals surface area (Å²) in [6.45, 7) is 6.19. The molecular formula is C23H29N3O2. The molecule has 1 saturated heterocycles. The van der Waals surface area contributed by atoms with Crippen LogP contribution >= 0.6 is 0 Å². The highest BCUT2D eigenvalue weighted by Crippen LogP contribution is 2.33. The molecule has 3 heterocycles. The first-order valence-corrected chi connectivity index (χ1v) is 10.1. The van der Waals surface area contributed by atoms with Crippen molar-refractivity contribution >= 4 is 11.0 Å². The molecule has 0 aliphatic carbocycles. The standard InChI is InChI=1S/C23H29N3O2/c1-17-5-7-19(8-6-17)28-15-12-26(2)16-21-20-4-3-11-24-23(20)25-22(21)18-9-13-27-14-10-18/h3-8,11,18H,9-10,12-16H2,1-2H3,(H,24,25). The van der Waals surface area contributed by atoms with Crippen LogP contribution in [0, 0.1) is 6.92 Å². The minimum atomic E-state index is 0.523. The lowest BCUT2D eigenvalue weighted by molar-refractivity contribution is 0.0843. The Bertz CT molecular complexity index is 898. The van der Waals surface area contributed by atoms with E-state index in [1.807, 2.05) is 24.4 Å². The van der Waals surface area contributed by atoms with E-state index in [9.17, 15) is 0 Å². The molecule has 148 valence electrons. The molecule has 5 heteroatoms. The molecule has 1 aliphatic rings. The molecule has 0 spiro atoms. The van der Waals surface area contributed by atoms with Gasteiger partial charge in [0.15, 0.2) is 0 Å². The average molecular weight is 380 g/mol. The Balaban J connectivity index is 1.44. The van der Waals surface area contributed by atoms with Gasteiger partial charge in [-0.25, -0.2) is 4.98 Å². The van der Waals surface area contributed by atoms with Crippen LogP contribution in [-0.4, -0.2) is 48.3 Å². The number of hydrogen-bond acceptors (Lipinski definition) is 4. The number of benzene rings is 1. The maximum Gasteiger partial charge on any atom is 0.137 e. The van der Waals surface area contributed by atoms with E-state index < -0.39 is 0 Å². The highest BCUT2D eigenvalue weighted by atomic mass is 16.5. The molecule has 0 bridgehead atoms. The van der Waals surface area contributed by atoms with Gasteiger partial charge in [-0.3, -0.25) is 4.90 Å². The number of nitrogens with one attached hydrogen (secondary N) is 1. The van der Waals surface area contributed by atoms with Crippen molar-refractivity contribution in [1.82, 2.24) is 14.9 Å². The van der Waals surface area contributed by atoms with Gasteiger partial charge in [0.1, 0.15) is 18.0 Å². The molecule has 1 fully saturated rings. The van der Waals surface area contributed by atoms with Crippen LogP contribution in [0.15, 0.2) is 42.6 Å². The zero-order chi connectivity index (χ0) is 19.3. The fourth-order valence-corrected chi connectivity index (χ4v) is 3.90. The summed E-state index contributed by atoms with van der Waals surface area (Å²) < 4.78 is 11.5. The molecule has 1 N–H and O–H groups in total. The topological polar surface area (TPSA) is 50.4 Å². The Labute approximate surface area is 166 Å². The first-order chi connectivity index (χ1) is 13.7. The van der Waals surface area contributed by atoms with Gasteiger partial charge in [0.2, 0.25) is 0 Å². The summed E-state index contributed by atoms with van der Waals surface area (Å²) in [5.74, 6) is 1.45. The monoisotopic (exact) mass is 379 g/mol. The normalized spacial score (nSPS) is 15.4. The van der Waals surface area contributed by atoms with Gasteiger partial charge < -0.3 is 14.5 Å². The molecule has 28 heavy (non-hydrogen) atoms. The van der Waals surface area contributed by atoms with E-state index in [2.05, 4.69) is 47.0 Å². The van der Waals surface area contributed by atoms with Crippen LogP contribution in [0.25, 0.3) is 11.0 Å². The average Bonchev–Trinajstić information content (AvgIpc) is 3.09. The number of aromatic amines is 1. The van der Waals surface area contributed by atoms with E-state index in [4.69, 9.17) is 9.47 Å². The maximum atomic E-state index is 5.91. The third-order valence-corrected chi connectivity index (χ3v) is 5.53. The van der Waals surface area contributed by atoms with E-state index in [1.165, 1.54) is 22.2 Å². The molecule has 3 aromatic rings. The molecule has 1 aliphatic heterocycles. The minimum Gasteiger partial charge on any atom is -0.492 e. The molecule has 0 saturated carbocycles. The molecule has 0 radical (unpaired) electrons. The molecule has 0 unspecified atom stereocenters. The molecule has 2 aromatic heterocycles. The highest BCUT2D eigenvalue weighted by Gasteiger charge is 2.23. The van der Waals surface area contributed by atoms with Crippen molar-refractivity contribution in [2.75, 3.05) is 33.4 Å². The lowest BCUT2D eigenvalue weighted by Crippen LogP contribution is -2.25. The first-order valence-electron chi connectivity index (χ1n) is 10.1. The summed E-state index contributed by atoms with van der Waals surface area (Å²) in [4.78, 5) is 10.5. The van der Waals surface area contributed by atoms with Crippen LogP contribution in [0.2, 0.25) is 0 Å². The summed E-state index contributed by atoms with van der Waals surface area (Å²) in [7, 11) is 2.15. The van der Waals surface area contributed by atoms with Gasteiger partial charge in [0, 0.05) is 49.5 Å². The minimum absolute atomic E-state index is 0.523. The Morgan fingerprint density at radius 2 is 1.96 bits per heavy atom. The predicted molar refractivity (Wildman–Crippen MR) is 112 cm³/mol. The summed E-state index contributed by atoms with van der Waals surface area (Å²) >= 11 is 0. The number of rotatable bonds is 7. The lowest BCUT2D eigenvalue weighted by Gasteiger charge is -2.24. The molecule has 0 amide bonds. The number of aryl methyl sites for hydroxylation is 1. The summed E-state index contributed by atoms with van der Waals surface area (Å²) in [5.41, 5.74) is 4.94. The molecule has 1 aromatic carbocycles. The largest absolute Gasteiger partial charge is 0.492 e. The lowest BCUT2D eigenvalue weighted by atomic mass is 9.93. The van der Waals surface area contributed by atoms with Gasteiger partial charge in [-0.15, -0.1) is 0 Å². The van der Waals surface area contributed by atoms with Gasteiger partial charge in [0.25, 0.3) is 0 Å². The summed E-state index contributed by atoms with van der Waals surface area (Å²) in [5, 5.41) is 1.23. The number of H-pyrrole nitrogens is 1. The van der Waals surface area contributed by atoms with Crippen molar-refractivity contribution in [2.45, 2.75) is 32.2 Å². The van der Waals surface area contributed by atoms with Crippen molar-refractivity contribution in [1.29, 1.82) is 0 Å². The van der Waals surface area contributed by atoms with Crippen LogP contribution in [0.3, 0.4) is 0 Å². The maximum absolute atomic E-state index is 5.91. The number of ether oxygens (including phenoxy) is 2. The van der Waals surface area contributed by atoms with Crippen LogP contribution in [0.4, 0.5) is 0 Å². The van der Waals surface area contributed by atoms with Crippen LogP contribution < -0.4 is 4.74 Å².